The second kappa shape index (κ2) is 4.20. The predicted octanol–water partition coefficient (Wildman–Crippen LogP) is 2.71. The maximum absolute atomic E-state index is 6.76. The molecule has 0 aromatic carbocycles. The van der Waals surface area contributed by atoms with Gasteiger partial charge in [0.05, 0.1) is 18.3 Å². The van der Waals surface area contributed by atoms with Gasteiger partial charge in [0.2, 0.25) is 5.88 Å². The molecule has 2 atom stereocenters. The van der Waals surface area contributed by atoms with Crippen molar-refractivity contribution in [2.75, 3.05) is 7.11 Å². The Kier molecular flexibility index (Phi) is 2.75. The van der Waals surface area contributed by atoms with Crippen LogP contribution in [0.2, 0.25) is 0 Å². The number of fused-ring (bicyclic) bond motifs is 4. The highest BCUT2D eigenvalue weighted by atomic mass is 16.5. The van der Waals surface area contributed by atoms with Gasteiger partial charge in [-0.25, -0.2) is 4.98 Å². The van der Waals surface area contributed by atoms with E-state index in [0.29, 0.717) is 11.8 Å². The second-order valence-corrected chi connectivity index (χ2v) is 5.56. The van der Waals surface area contributed by atoms with Crippen molar-refractivity contribution in [3.8, 4) is 5.88 Å². The van der Waals surface area contributed by atoms with E-state index < -0.39 is 0 Å². The quantitative estimate of drug-likeness (QED) is 0.786. The van der Waals surface area contributed by atoms with Crippen molar-refractivity contribution >= 4 is 0 Å². The van der Waals surface area contributed by atoms with E-state index in [4.69, 9.17) is 10.5 Å². The van der Waals surface area contributed by atoms with E-state index in [0.717, 1.165) is 24.1 Å². The van der Waals surface area contributed by atoms with E-state index in [-0.39, 0.29) is 5.54 Å². The van der Waals surface area contributed by atoms with E-state index in [1.165, 1.54) is 11.1 Å². The number of nitrogens with zero attached hydrogens (tertiary/aromatic N) is 1. The molecule has 0 amide bonds. The molecule has 2 aliphatic carbocycles. The average molecular weight is 256 g/mol. The lowest BCUT2D eigenvalue weighted by atomic mass is 9.63. The minimum Gasteiger partial charge on any atom is -0.481 e. The molecule has 1 heterocycles. The summed E-state index contributed by atoms with van der Waals surface area (Å²) >= 11 is 0. The van der Waals surface area contributed by atoms with E-state index in [1.54, 1.807) is 7.11 Å². The third-order valence-electron chi connectivity index (χ3n) is 4.32. The molecule has 100 valence electrons. The summed E-state index contributed by atoms with van der Waals surface area (Å²) in [5, 5.41) is 0. The normalized spacial score (nSPS) is 30.8. The molecule has 3 rings (SSSR count). The number of hydrogen-bond acceptors (Lipinski definition) is 3. The van der Waals surface area contributed by atoms with Gasteiger partial charge in [0.25, 0.3) is 0 Å². The van der Waals surface area contributed by atoms with Crippen molar-refractivity contribution in [2.45, 2.75) is 32.2 Å². The highest BCUT2D eigenvalue weighted by Gasteiger charge is 2.44. The Morgan fingerprint density at radius 1 is 1.47 bits per heavy atom. The molecular formula is C16H20N2O. The summed E-state index contributed by atoms with van der Waals surface area (Å²) in [4.78, 5) is 4.59. The summed E-state index contributed by atoms with van der Waals surface area (Å²) in [5.41, 5.74) is 11.3. The molecule has 0 fully saturated rings. The lowest BCUT2D eigenvalue weighted by Crippen LogP contribution is -2.47. The largest absolute Gasteiger partial charge is 0.481 e. The Morgan fingerprint density at radius 2 is 2.26 bits per heavy atom. The minimum absolute atomic E-state index is 0.384. The van der Waals surface area contributed by atoms with Crippen molar-refractivity contribution in [3.63, 3.8) is 0 Å². The van der Waals surface area contributed by atoms with Gasteiger partial charge in [-0.2, -0.15) is 0 Å². The van der Waals surface area contributed by atoms with Crippen LogP contribution >= 0.6 is 0 Å². The summed E-state index contributed by atoms with van der Waals surface area (Å²) in [6, 6.07) is 3.99. The van der Waals surface area contributed by atoms with Crippen LogP contribution in [0.4, 0.5) is 0 Å². The highest BCUT2D eigenvalue weighted by molar-refractivity contribution is 5.49. The number of hydrogen-bond donors (Lipinski definition) is 1. The summed E-state index contributed by atoms with van der Waals surface area (Å²) in [6.45, 7) is 4.25. The summed E-state index contributed by atoms with van der Waals surface area (Å²) < 4.78 is 5.23. The number of pyridine rings is 1. The molecule has 1 aromatic heterocycles. The highest BCUT2D eigenvalue weighted by Crippen LogP contribution is 2.48. The molecule has 0 spiro atoms. The topological polar surface area (TPSA) is 48.1 Å². The predicted molar refractivity (Wildman–Crippen MR) is 76.0 cm³/mol. The number of nitrogens with two attached hydrogens (primary N) is 1. The summed E-state index contributed by atoms with van der Waals surface area (Å²) in [5.74, 6) is 1.06. The van der Waals surface area contributed by atoms with Crippen LogP contribution < -0.4 is 10.5 Å². The summed E-state index contributed by atoms with van der Waals surface area (Å²) in [6.07, 6.45) is 6.32. The van der Waals surface area contributed by atoms with Crippen molar-refractivity contribution in [1.82, 2.24) is 4.98 Å². The molecule has 0 radical (unpaired) electrons. The SMILES string of the molecule is CC=C1C2C=C(C)CC1(N)c1ccc(OC)nc1C2. The number of ether oxygens (including phenoxy) is 1. The van der Waals surface area contributed by atoms with Gasteiger partial charge < -0.3 is 10.5 Å². The van der Waals surface area contributed by atoms with E-state index >= 15 is 0 Å². The molecule has 0 aliphatic heterocycles. The number of aromatic nitrogens is 1. The molecule has 0 saturated heterocycles. The van der Waals surface area contributed by atoms with Crippen LogP contribution in [-0.2, 0) is 12.0 Å². The first-order chi connectivity index (χ1) is 9.08. The maximum atomic E-state index is 6.76. The Balaban J connectivity index is 2.20. The smallest absolute Gasteiger partial charge is 0.213 e. The molecular weight excluding hydrogens is 236 g/mol. The fourth-order valence-electron chi connectivity index (χ4n) is 3.62. The van der Waals surface area contributed by atoms with Crippen molar-refractivity contribution in [1.29, 1.82) is 0 Å². The lowest BCUT2D eigenvalue weighted by Gasteiger charge is -2.45. The zero-order chi connectivity index (χ0) is 13.6. The minimum atomic E-state index is -0.384. The number of methoxy groups -OCH3 is 1. The Hall–Kier alpha value is -1.61. The zero-order valence-corrected chi connectivity index (χ0v) is 11.7. The number of allylic oxidation sites excluding steroid dienone is 2. The van der Waals surface area contributed by atoms with Crippen molar-refractivity contribution in [2.24, 2.45) is 11.7 Å². The molecule has 3 heteroatoms. The summed E-state index contributed by atoms with van der Waals surface area (Å²) in [7, 11) is 1.65. The molecule has 1 aromatic rings. The molecule has 2 bridgehead atoms. The Morgan fingerprint density at radius 3 is 2.95 bits per heavy atom. The second-order valence-electron chi connectivity index (χ2n) is 5.56. The Bertz CT molecular complexity index is 588. The zero-order valence-electron chi connectivity index (χ0n) is 11.7. The Labute approximate surface area is 114 Å². The fraction of sp³-hybridized carbons (Fsp3) is 0.438. The van der Waals surface area contributed by atoms with Gasteiger partial charge in [-0.05, 0) is 37.5 Å². The van der Waals surface area contributed by atoms with Crippen LogP contribution in [-0.4, -0.2) is 12.1 Å². The van der Waals surface area contributed by atoms with Gasteiger partial charge in [-0.3, -0.25) is 0 Å². The maximum Gasteiger partial charge on any atom is 0.213 e. The first-order valence-corrected chi connectivity index (χ1v) is 6.75. The molecule has 2 unspecified atom stereocenters. The first kappa shape index (κ1) is 12.4. The van der Waals surface area contributed by atoms with Crippen molar-refractivity contribution in [3.05, 3.63) is 46.7 Å². The third kappa shape index (κ3) is 1.72. The van der Waals surface area contributed by atoms with Gasteiger partial charge in [-0.15, -0.1) is 0 Å². The van der Waals surface area contributed by atoms with Crippen LogP contribution in [0.3, 0.4) is 0 Å². The fourth-order valence-corrected chi connectivity index (χ4v) is 3.62. The van der Waals surface area contributed by atoms with Crippen LogP contribution in [0, 0.1) is 5.92 Å². The van der Waals surface area contributed by atoms with Crippen LogP contribution in [0.25, 0.3) is 0 Å². The molecule has 0 saturated carbocycles. The molecule has 19 heavy (non-hydrogen) atoms. The van der Waals surface area contributed by atoms with Gasteiger partial charge in [-0.1, -0.05) is 17.7 Å². The van der Waals surface area contributed by atoms with E-state index in [9.17, 15) is 0 Å². The number of rotatable bonds is 1. The molecule has 2 aliphatic rings. The van der Waals surface area contributed by atoms with E-state index in [1.807, 2.05) is 6.07 Å². The van der Waals surface area contributed by atoms with Gasteiger partial charge in [0, 0.05) is 18.4 Å². The standard InChI is InChI=1S/C16H20N2O/c1-4-12-11-7-10(2)9-16(12,17)13-5-6-15(19-3)18-14(13)8-11/h4-7,11H,8-9,17H2,1-3H3. The van der Waals surface area contributed by atoms with Crippen LogP contribution in [0.1, 0.15) is 31.5 Å². The van der Waals surface area contributed by atoms with Crippen LogP contribution in [0.5, 0.6) is 5.88 Å². The van der Waals surface area contributed by atoms with Gasteiger partial charge >= 0.3 is 0 Å². The lowest BCUT2D eigenvalue weighted by molar-refractivity contribution is 0.380. The van der Waals surface area contributed by atoms with Gasteiger partial charge in [0.15, 0.2) is 0 Å². The third-order valence-corrected chi connectivity index (χ3v) is 4.32. The molecule has 3 nitrogen and oxygen atoms in total. The van der Waals surface area contributed by atoms with Crippen molar-refractivity contribution < 1.29 is 4.74 Å². The monoisotopic (exact) mass is 256 g/mol. The van der Waals surface area contributed by atoms with Crippen LogP contribution in [0.15, 0.2) is 35.4 Å². The first-order valence-electron chi connectivity index (χ1n) is 6.75. The van der Waals surface area contributed by atoms with Gasteiger partial charge in [0.1, 0.15) is 0 Å². The van der Waals surface area contributed by atoms with E-state index in [2.05, 4.69) is 37.0 Å². The average Bonchev–Trinajstić information content (AvgIpc) is 2.37. The molecule has 2 N–H and O–H groups in total.